The van der Waals surface area contributed by atoms with Crippen LogP contribution < -0.4 is 15.7 Å². The molecule has 0 fully saturated rings. The quantitative estimate of drug-likeness (QED) is 0.162. The predicted molar refractivity (Wildman–Crippen MR) is 297 cm³/mol. The van der Waals surface area contributed by atoms with Gasteiger partial charge < -0.3 is 18.4 Å². The molecule has 2 aliphatic heterocycles. The highest BCUT2D eigenvalue weighted by molar-refractivity contribution is 6.93. The molecule has 0 spiro atoms. The molecule has 69 heavy (non-hydrogen) atoms. The van der Waals surface area contributed by atoms with Gasteiger partial charge in [0.2, 0.25) is 0 Å². The summed E-state index contributed by atoms with van der Waals surface area (Å²) >= 11 is 0. The number of aromatic nitrogens is 2. The lowest BCUT2D eigenvalue weighted by Crippen LogP contribution is -2.60. The lowest BCUT2D eigenvalue weighted by atomic mass is 9.44. The van der Waals surface area contributed by atoms with Crippen LogP contribution >= 0.6 is 0 Å². The van der Waals surface area contributed by atoms with E-state index in [0.717, 1.165) is 93.5 Å². The summed E-state index contributed by atoms with van der Waals surface area (Å²) in [6, 6.07) is 20.1. The lowest BCUT2D eigenvalue weighted by molar-refractivity contribution is 0.552. The Labute approximate surface area is 423 Å². The van der Waals surface area contributed by atoms with Gasteiger partial charge in [0.25, 0.3) is 0 Å². The zero-order valence-electron chi connectivity index (χ0n) is 52.7. The molecule has 4 nitrogen and oxygen atoms in total. The standard InChI is InChI=1S/C64H66BN3O/c1-60(2,3)37-26-27-51-43(28-37)44-35-53-45(36-52(44)66(51)41-22-18-16-19-23-41)46-29-39(62(7,8)9)33-50-57(46)67(53)54-34-40(63(10,11)12)30-47-55-48-31-38(61(4,5)6)32-49(64(13,14)15)58(48)69-59(55)68(65(50)56(47)54)42-24-20-17-21-25-42/h16-36H,1-15H3/i16D,17D,18D,19D,20D,21D,22D,23D,24D,25D. The van der Waals surface area contributed by atoms with Crippen molar-refractivity contribution in [1.82, 2.24) is 9.13 Å². The Morgan fingerprint density at radius 3 is 1.59 bits per heavy atom. The number of para-hydroxylation sites is 2. The van der Waals surface area contributed by atoms with Crippen LogP contribution in [0.1, 0.15) is 145 Å². The zero-order valence-corrected chi connectivity index (χ0v) is 42.7. The molecule has 10 aromatic rings. The molecule has 0 aliphatic carbocycles. The minimum Gasteiger partial charge on any atom is -0.440 e. The van der Waals surface area contributed by atoms with Crippen LogP contribution in [0.3, 0.4) is 0 Å². The first-order valence-corrected chi connectivity index (χ1v) is 24.4. The molecule has 0 saturated heterocycles. The summed E-state index contributed by atoms with van der Waals surface area (Å²) < 4.78 is 103. The van der Waals surface area contributed by atoms with Crippen molar-refractivity contribution >= 4 is 83.9 Å². The summed E-state index contributed by atoms with van der Waals surface area (Å²) in [5.41, 5.74) is 11.9. The SMILES string of the molecule is [2H]c1c([2H])c([2H])c(N2B3c4c(cc(C(C)(C)C)cc4-n4c5cc6c7cc(C(C)(C)C)ccc7n(-c7c([2H])c([2H])c([2H])c([2H])c7[2H])c6cc5c5cc(C(C)(C)C)cc3c54)-c3c2oc2c(C(C)(C)C)cc(C(C)(C)C)cc32)c([2H])c1[2H]. The van der Waals surface area contributed by atoms with Crippen molar-refractivity contribution < 1.29 is 18.1 Å². The summed E-state index contributed by atoms with van der Waals surface area (Å²) in [6.45, 7) is 32.0. The number of hydrogen-bond donors (Lipinski definition) is 0. The largest absolute Gasteiger partial charge is 0.440 e. The van der Waals surface area contributed by atoms with Gasteiger partial charge in [-0.3, -0.25) is 0 Å². The second kappa shape index (κ2) is 14.1. The van der Waals surface area contributed by atoms with Gasteiger partial charge in [-0.1, -0.05) is 164 Å². The van der Waals surface area contributed by atoms with Crippen LogP contribution in [-0.2, 0) is 27.1 Å². The maximum absolute atomic E-state index is 9.78. The normalized spacial score (nSPS) is 16.3. The Morgan fingerprint density at radius 2 is 0.986 bits per heavy atom. The molecular formula is C64H66BN3O. The first-order valence-electron chi connectivity index (χ1n) is 29.4. The third kappa shape index (κ3) is 6.41. The fourth-order valence-corrected chi connectivity index (χ4v) is 11.1. The molecule has 12 rings (SSSR count). The van der Waals surface area contributed by atoms with E-state index in [2.05, 4.69) is 169 Å². The fraction of sp³-hybridized carbons (Fsp3) is 0.312. The molecule has 0 bridgehead atoms. The molecule has 7 aromatic carbocycles. The molecule has 346 valence electrons. The summed E-state index contributed by atoms with van der Waals surface area (Å²) in [5, 5.41) is 4.37. The summed E-state index contributed by atoms with van der Waals surface area (Å²) in [4.78, 5) is 1.91. The van der Waals surface area contributed by atoms with Crippen molar-refractivity contribution in [3.8, 4) is 22.5 Å². The van der Waals surface area contributed by atoms with Gasteiger partial charge in [0.1, 0.15) is 5.58 Å². The highest BCUT2D eigenvalue weighted by Gasteiger charge is 2.48. The molecule has 2 aliphatic rings. The van der Waals surface area contributed by atoms with Crippen molar-refractivity contribution in [2.45, 2.75) is 131 Å². The van der Waals surface area contributed by atoms with Gasteiger partial charge in [0, 0.05) is 49.6 Å². The molecule has 5 heteroatoms. The van der Waals surface area contributed by atoms with E-state index in [1.54, 1.807) is 0 Å². The molecule has 0 unspecified atom stereocenters. The van der Waals surface area contributed by atoms with E-state index in [1.807, 2.05) is 15.4 Å². The number of hydrogen-bond acceptors (Lipinski definition) is 2. The highest BCUT2D eigenvalue weighted by atomic mass is 16.4. The first kappa shape index (κ1) is 33.9. The second-order valence-electron chi connectivity index (χ2n) is 24.9. The van der Waals surface area contributed by atoms with Crippen LogP contribution in [0.4, 0.5) is 11.6 Å². The molecule has 3 aromatic heterocycles. The Morgan fingerprint density at radius 1 is 0.464 bits per heavy atom. The molecule has 0 amide bonds. The van der Waals surface area contributed by atoms with Gasteiger partial charge in [-0.2, -0.15) is 0 Å². The highest BCUT2D eigenvalue weighted by Crippen LogP contribution is 2.53. The molecule has 0 N–H and O–H groups in total. The van der Waals surface area contributed by atoms with Crippen molar-refractivity contribution in [2.75, 3.05) is 4.81 Å². The number of nitrogens with zero attached hydrogens (tertiary/aromatic N) is 3. The van der Waals surface area contributed by atoms with Crippen molar-refractivity contribution in [3.05, 3.63) is 155 Å². The van der Waals surface area contributed by atoms with Crippen molar-refractivity contribution in [2.24, 2.45) is 0 Å². The molecular weight excluding hydrogens is 838 g/mol. The van der Waals surface area contributed by atoms with Gasteiger partial charge in [-0.15, -0.1) is 0 Å². The average Bonchev–Trinajstić information content (AvgIpc) is 2.32. The van der Waals surface area contributed by atoms with E-state index in [9.17, 15) is 8.22 Å². The van der Waals surface area contributed by atoms with Crippen molar-refractivity contribution in [1.29, 1.82) is 0 Å². The van der Waals surface area contributed by atoms with Gasteiger partial charge >= 0.3 is 6.85 Å². The molecule has 0 atom stereocenters. The number of anilines is 2. The topological polar surface area (TPSA) is 26.2 Å². The van der Waals surface area contributed by atoms with Gasteiger partial charge in [0.15, 0.2) is 5.88 Å². The number of rotatable bonds is 2. The first-order chi connectivity index (χ1) is 36.5. The van der Waals surface area contributed by atoms with E-state index in [0.29, 0.717) is 22.5 Å². The molecule has 5 heterocycles. The number of fused-ring (bicyclic) bond motifs is 12. The minimum absolute atomic E-state index is 0.0135. The van der Waals surface area contributed by atoms with E-state index < -0.39 is 48.5 Å². The Kier molecular flexibility index (Phi) is 6.93. The van der Waals surface area contributed by atoms with Crippen LogP contribution in [0.15, 0.2) is 132 Å². The smallest absolute Gasteiger partial charge is 0.336 e. The fourth-order valence-electron chi connectivity index (χ4n) is 11.1. The van der Waals surface area contributed by atoms with Gasteiger partial charge in [0.05, 0.1) is 41.3 Å². The van der Waals surface area contributed by atoms with Crippen molar-refractivity contribution in [3.63, 3.8) is 0 Å². The summed E-state index contributed by atoms with van der Waals surface area (Å²) in [6.07, 6.45) is 0. The Balaban J connectivity index is 1.34. The zero-order chi connectivity index (χ0) is 57.3. The third-order valence-corrected chi connectivity index (χ3v) is 15.0. The lowest BCUT2D eigenvalue weighted by Gasteiger charge is -2.41. The monoisotopic (exact) mass is 914 g/mol. The third-order valence-electron chi connectivity index (χ3n) is 15.0. The summed E-state index contributed by atoms with van der Waals surface area (Å²) in [5.74, 6) is 0.401. The van der Waals surface area contributed by atoms with Crippen LogP contribution in [-0.4, -0.2) is 16.0 Å². The van der Waals surface area contributed by atoms with E-state index in [-0.39, 0.29) is 57.2 Å². The Bertz CT molecular complexity index is 4350. The van der Waals surface area contributed by atoms with Crippen LogP contribution in [0, 0.1) is 0 Å². The number of benzene rings is 7. The van der Waals surface area contributed by atoms with Crippen LogP contribution in [0.5, 0.6) is 0 Å². The summed E-state index contributed by atoms with van der Waals surface area (Å²) in [7, 11) is 0. The van der Waals surface area contributed by atoms with E-state index >= 15 is 0 Å². The maximum Gasteiger partial charge on any atom is 0.336 e. The van der Waals surface area contributed by atoms with Gasteiger partial charge in [-0.05, 0) is 132 Å². The number of furan rings is 1. The van der Waals surface area contributed by atoms with Gasteiger partial charge in [-0.25, -0.2) is 0 Å². The van der Waals surface area contributed by atoms with Crippen LogP contribution in [0.25, 0.3) is 77.1 Å². The molecule has 0 saturated carbocycles. The average molecular weight is 914 g/mol. The Hall–Kier alpha value is -6.46. The van der Waals surface area contributed by atoms with E-state index in [4.69, 9.17) is 9.90 Å². The minimum atomic E-state index is -0.776. The maximum atomic E-state index is 9.78. The molecule has 0 radical (unpaired) electrons. The van der Waals surface area contributed by atoms with Crippen LogP contribution in [0.2, 0.25) is 0 Å². The predicted octanol–water partition coefficient (Wildman–Crippen LogP) is 16.4. The second-order valence-corrected chi connectivity index (χ2v) is 24.9. The van der Waals surface area contributed by atoms with E-state index in [1.165, 1.54) is 0 Å².